The highest BCUT2D eigenvalue weighted by atomic mass is 16.8. The predicted octanol–water partition coefficient (Wildman–Crippen LogP) is 8.01. The largest absolute Gasteiger partial charge is 0.387 e. The number of benzene rings is 6. The van der Waals surface area contributed by atoms with E-state index in [2.05, 4.69) is 6.58 Å². The van der Waals surface area contributed by atoms with Crippen molar-refractivity contribution in [3.05, 3.63) is 228 Å². The van der Waals surface area contributed by atoms with Crippen LogP contribution in [0.15, 0.2) is 195 Å². The second-order valence-electron chi connectivity index (χ2n) is 19.6. The van der Waals surface area contributed by atoms with Gasteiger partial charge >= 0.3 is 0 Å². The average molecular weight is 1070 g/mol. The molecule has 0 saturated carbocycles. The highest BCUT2D eigenvalue weighted by molar-refractivity contribution is 5.18. The van der Waals surface area contributed by atoms with Gasteiger partial charge in [-0.3, -0.25) is 0 Å². The maximum absolute atomic E-state index is 11.8. The standard InChI is InChI=1S/C63H72O15/c1-3-34-69-62-60(73-40-49-32-20-9-21-33-49)58(78-61-54(66)53(65)52(64)50(75-61)41-67-35-44-22-10-4-11-23-44)56(51(76-62)42-68-36-45-24-12-5-13-25-45)77-63-59(72-39-48-30-18-8-19-31-48)57(71-38-47-28-16-7-17-29-47)55(43(2)74-63)70-37-46-26-14-6-15-27-46/h3-33,43,50-66H,1,34-42H2,2H3/t43-,50?,51+,52?,53?,54?,55+,56+,57+,58-,59-,60+,61?,62+,63-/m0/s1. The number of aliphatic hydroxyl groups is 3. The van der Waals surface area contributed by atoms with Crippen LogP contribution in [0.3, 0.4) is 0 Å². The molecule has 0 amide bonds. The highest BCUT2D eigenvalue weighted by Gasteiger charge is 2.56. The van der Waals surface area contributed by atoms with Gasteiger partial charge < -0.3 is 72.2 Å². The van der Waals surface area contributed by atoms with Crippen molar-refractivity contribution >= 4 is 0 Å². The molecule has 78 heavy (non-hydrogen) atoms. The molecule has 6 aromatic rings. The van der Waals surface area contributed by atoms with Crippen LogP contribution in [0.1, 0.15) is 40.3 Å². The van der Waals surface area contributed by atoms with Gasteiger partial charge in [0.25, 0.3) is 0 Å². The maximum Gasteiger partial charge on any atom is 0.187 e. The molecular formula is C63H72O15. The van der Waals surface area contributed by atoms with E-state index in [1.807, 2.05) is 189 Å². The molecule has 9 rings (SSSR count). The van der Waals surface area contributed by atoms with Gasteiger partial charge in [0.2, 0.25) is 0 Å². The van der Waals surface area contributed by atoms with E-state index in [0.29, 0.717) is 0 Å². The quantitative estimate of drug-likeness (QED) is 0.0424. The van der Waals surface area contributed by atoms with Crippen molar-refractivity contribution in [2.24, 2.45) is 0 Å². The minimum Gasteiger partial charge on any atom is -0.387 e. The minimum absolute atomic E-state index is 0.0568. The molecule has 3 aliphatic rings. The van der Waals surface area contributed by atoms with Crippen molar-refractivity contribution in [1.29, 1.82) is 0 Å². The van der Waals surface area contributed by atoms with E-state index in [1.165, 1.54) is 0 Å². The molecule has 0 spiro atoms. The molecule has 15 heteroatoms. The lowest BCUT2D eigenvalue weighted by atomic mass is 9.95. The maximum atomic E-state index is 11.8. The van der Waals surface area contributed by atoms with E-state index in [4.69, 9.17) is 56.8 Å². The summed E-state index contributed by atoms with van der Waals surface area (Å²) in [5.41, 5.74) is 5.47. The summed E-state index contributed by atoms with van der Waals surface area (Å²) in [6, 6.07) is 58.4. The van der Waals surface area contributed by atoms with Crippen LogP contribution in [-0.2, 0) is 96.5 Å². The molecule has 6 aromatic carbocycles. The Morgan fingerprint density at radius 3 is 1.19 bits per heavy atom. The number of ether oxygens (including phenoxy) is 12. The molecule has 0 radical (unpaired) electrons. The third-order valence-electron chi connectivity index (χ3n) is 13.9. The molecule has 0 aromatic heterocycles. The zero-order chi connectivity index (χ0) is 53.9. The van der Waals surface area contributed by atoms with Crippen LogP contribution >= 0.6 is 0 Å². The molecule has 3 saturated heterocycles. The summed E-state index contributed by atoms with van der Waals surface area (Å²) in [5.74, 6) is 0. The van der Waals surface area contributed by atoms with Crippen LogP contribution in [-0.4, -0.2) is 127 Å². The SMILES string of the molecule is C=CCO[C@@H]1O[C@H](COCc2ccccc2)[C@@H](O[C@@H]2O[C@@H](C)[C@@H](OCc3ccccc3)[C@@H](OCc3ccccc3)[C@@H]2OCc2ccccc2)[C@H](OC2OC(COCc3ccccc3)C(O)C(O)C2O)[C@H]1OCc1ccccc1. The Hall–Kier alpha value is -5.54. The Morgan fingerprint density at radius 2 is 0.744 bits per heavy atom. The normalized spacial score (nSPS) is 29.2. The van der Waals surface area contributed by atoms with Gasteiger partial charge in [-0.1, -0.05) is 188 Å². The number of hydrogen-bond donors (Lipinski definition) is 3. The smallest absolute Gasteiger partial charge is 0.187 e. The Labute approximate surface area is 457 Å². The van der Waals surface area contributed by atoms with Gasteiger partial charge in [-0.25, -0.2) is 0 Å². The zero-order valence-corrected chi connectivity index (χ0v) is 43.9. The summed E-state index contributed by atoms with van der Waals surface area (Å²) in [7, 11) is 0. The van der Waals surface area contributed by atoms with Gasteiger partial charge in [0, 0.05) is 0 Å². The van der Waals surface area contributed by atoms with E-state index in [0.717, 1.165) is 33.4 Å². The number of hydrogen-bond acceptors (Lipinski definition) is 15. The molecule has 414 valence electrons. The Kier molecular flexibility index (Phi) is 21.7. The van der Waals surface area contributed by atoms with E-state index in [-0.39, 0.29) is 59.5 Å². The van der Waals surface area contributed by atoms with Crippen molar-refractivity contribution in [2.75, 3.05) is 19.8 Å². The fourth-order valence-corrected chi connectivity index (χ4v) is 9.76. The molecule has 15 atom stereocenters. The van der Waals surface area contributed by atoms with Crippen molar-refractivity contribution in [1.82, 2.24) is 0 Å². The van der Waals surface area contributed by atoms with E-state index >= 15 is 0 Å². The Bertz CT molecular complexity index is 2610. The second-order valence-corrected chi connectivity index (χ2v) is 19.6. The molecule has 0 aliphatic carbocycles. The van der Waals surface area contributed by atoms with Crippen LogP contribution in [0.5, 0.6) is 0 Å². The van der Waals surface area contributed by atoms with E-state index in [1.54, 1.807) is 6.08 Å². The van der Waals surface area contributed by atoms with Gasteiger partial charge in [0.15, 0.2) is 18.9 Å². The molecule has 3 heterocycles. The van der Waals surface area contributed by atoms with Crippen molar-refractivity contribution in [2.45, 2.75) is 139 Å². The first-order chi connectivity index (χ1) is 38.3. The summed E-state index contributed by atoms with van der Waals surface area (Å²) < 4.78 is 81.2. The lowest BCUT2D eigenvalue weighted by Crippen LogP contribution is -2.67. The zero-order valence-electron chi connectivity index (χ0n) is 43.9. The minimum atomic E-state index is -1.75. The van der Waals surface area contributed by atoms with E-state index in [9.17, 15) is 15.3 Å². The summed E-state index contributed by atoms with van der Waals surface area (Å²) >= 11 is 0. The summed E-state index contributed by atoms with van der Waals surface area (Å²) in [4.78, 5) is 0. The molecule has 3 fully saturated rings. The number of aliphatic hydroxyl groups excluding tert-OH is 3. The fraction of sp³-hybridized carbons (Fsp3) is 0.397. The van der Waals surface area contributed by atoms with Crippen molar-refractivity contribution < 1.29 is 72.2 Å². The first kappa shape index (κ1) is 57.2. The second kappa shape index (κ2) is 29.6. The van der Waals surface area contributed by atoms with Crippen LogP contribution in [0.25, 0.3) is 0 Å². The van der Waals surface area contributed by atoms with Crippen LogP contribution < -0.4 is 0 Å². The molecule has 5 unspecified atom stereocenters. The van der Waals surface area contributed by atoms with E-state index < -0.39 is 92.1 Å². The highest BCUT2D eigenvalue weighted by Crippen LogP contribution is 2.38. The summed E-state index contributed by atoms with van der Waals surface area (Å²) in [5, 5.41) is 34.7. The predicted molar refractivity (Wildman–Crippen MR) is 288 cm³/mol. The first-order valence-corrected chi connectivity index (χ1v) is 26.7. The fourth-order valence-electron chi connectivity index (χ4n) is 9.76. The summed E-state index contributed by atoms with van der Waals surface area (Å²) in [6.45, 7) is 6.82. The molecular weight excluding hydrogens is 997 g/mol. The topological polar surface area (TPSA) is 171 Å². The molecule has 3 aliphatic heterocycles. The summed E-state index contributed by atoms with van der Waals surface area (Å²) in [6.07, 6.45) is -16.0. The third-order valence-corrected chi connectivity index (χ3v) is 13.9. The van der Waals surface area contributed by atoms with Gasteiger partial charge in [-0.15, -0.1) is 6.58 Å². The Morgan fingerprint density at radius 1 is 0.372 bits per heavy atom. The first-order valence-electron chi connectivity index (χ1n) is 26.7. The lowest BCUT2D eigenvalue weighted by molar-refractivity contribution is -0.394. The lowest BCUT2D eigenvalue weighted by Gasteiger charge is -2.51. The van der Waals surface area contributed by atoms with Gasteiger partial charge in [0.1, 0.15) is 67.1 Å². The van der Waals surface area contributed by atoms with Gasteiger partial charge in [-0.2, -0.15) is 0 Å². The monoisotopic (exact) mass is 1070 g/mol. The van der Waals surface area contributed by atoms with Crippen LogP contribution in [0.4, 0.5) is 0 Å². The molecule has 15 nitrogen and oxygen atoms in total. The molecule has 3 N–H and O–H groups in total. The average Bonchev–Trinajstić information content (AvgIpc) is 3.52. The van der Waals surface area contributed by atoms with Crippen LogP contribution in [0.2, 0.25) is 0 Å². The van der Waals surface area contributed by atoms with Gasteiger partial charge in [-0.05, 0) is 40.3 Å². The van der Waals surface area contributed by atoms with Crippen molar-refractivity contribution in [3.63, 3.8) is 0 Å². The third kappa shape index (κ3) is 15.8. The Balaban J connectivity index is 1.10. The van der Waals surface area contributed by atoms with Gasteiger partial charge in [0.05, 0.1) is 65.6 Å². The van der Waals surface area contributed by atoms with Crippen molar-refractivity contribution in [3.8, 4) is 0 Å². The molecule has 0 bridgehead atoms. The van der Waals surface area contributed by atoms with Crippen LogP contribution in [0, 0.1) is 0 Å². The number of rotatable bonds is 27.